The Bertz CT molecular complexity index is 965. The first-order valence-corrected chi connectivity index (χ1v) is 11.5. The lowest BCUT2D eigenvalue weighted by atomic mass is 10.0. The van der Waals surface area contributed by atoms with Gasteiger partial charge in [0.25, 0.3) is 0 Å². The smallest absolute Gasteiger partial charge is 0.322 e. The van der Waals surface area contributed by atoms with E-state index in [1.807, 2.05) is 70.8 Å². The molecule has 0 fully saturated rings. The van der Waals surface area contributed by atoms with Crippen LogP contribution in [0.4, 0.5) is 16.2 Å². The van der Waals surface area contributed by atoms with E-state index >= 15 is 0 Å². The van der Waals surface area contributed by atoms with Crippen LogP contribution in [0, 0.1) is 0 Å². The number of nitrogen functional groups attached to an aromatic ring is 1. The number of thiophene rings is 2. The molecule has 0 aliphatic carbocycles. The summed E-state index contributed by atoms with van der Waals surface area (Å²) in [6, 6.07) is 9.20. The number of nitrogens with zero attached hydrogens (tertiary/aromatic N) is 2. The molecule has 2 amide bonds. The second-order valence-corrected chi connectivity index (χ2v) is 8.84. The maximum absolute atomic E-state index is 12.7. The van der Waals surface area contributed by atoms with E-state index in [2.05, 4.69) is 5.32 Å². The third-order valence-corrected chi connectivity index (χ3v) is 6.15. The lowest BCUT2D eigenvalue weighted by Gasteiger charge is -2.24. The predicted octanol–water partition coefficient (Wildman–Crippen LogP) is 4.41. The Balaban J connectivity index is 1.65. The van der Waals surface area contributed by atoms with E-state index < -0.39 is 0 Å². The van der Waals surface area contributed by atoms with Gasteiger partial charge in [0.15, 0.2) is 5.78 Å². The van der Waals surface area contributed by atoms with E-state index in [4.69, 9.17) is 5.73 Å². The minimum atomic E-state index is -0.136. The fraction of sp³-hybridized carbons (Fsp3) is 0.273. The molecule has 3 rings (SSSR count). The van der Waals surface area contributed by atoms with Crippen LogP contribution < -0.4 is 11.1 Å². The molecule has 0 aliphatic heterocycles. The Morgan fingerprint density at radius 2 is 1.77 bits per heavy atom. The standard InChI is InChI=1S/C22H26N4O2S2/c1-25(2)8-9-26(22(28)24-19-7-10-29-14-19)12-16-3-5-17(6-4-16)21(27)11-18-13-30-15-20(18)23/h3-7,10,13-15H,8-9,11-12,23H2,1-2H3,(H,24,28). The zero-order valence-electron chi connectivity index (χ0n) is 17.1. The molecular formula is C22H26N4O2S2. The van der Waals surface area contributed by atoms with Crippen LogP contribution in [0.3, 0.4) is 0 Å². The van der Waals surface area contributed by atoms with Crippen molar-refractivity contribution in [3.05, 3.63) is 68.5 Å². The van der Waals surface area contributed by atoms with Crippen molar-refractivity contribution >= 4 is 45.9 Å². The minimum Gasteiger partial charge on any atom is -0.398 e. The molecule has 1 aromatic carbocycles. The van der Waals surface area contributed by atoms with Gasteiger partial charge in [-0.2, -0.15) is 11.3 Å². The highest BCUT2D eigenvalue weighted by Crippen LogP contribution is 2.20. The average Bonchev–Trinajstić information content (AvgIpc) is 3.37. The number of carbonyl (C=O) groups is 2. The van der Waals surface area contributed by atoms with Crippen LogP contribution in [-0.4, -0.2) is 48.8 Å². The Morgan fingerprint density at radius 3 is 2.37 bits per heavy atom. The summed E-state index contributed by atoms with van der Waals surface area (Å²) in [6.07, 6.45) is 0.298. The van der Waals surface area contributed by atoms with E-state index in [1.54, 1.807) is 16.2 Å². The third kappa shape index (κ3) is 6.16. The van der Waals surface area contributed by atoms with E-state index in [1.165, 1.54) is 11.3 Å². The van der Waals surface area contributed by atoms with Crippen LogP contribution in [0.2, 0.25) is 0 Å². The van der Waals surface area contributed by atoms with Gasteiger partial charge in [0.1, 0.15) is 0 Å². The Morgan fingerprint density at radius 1 is 1.00 bits per heavy atom. The van der Waals surface area contributed by atoms with Gasteiger partial charge in [-0.3, -0.25) is 4.79 Å². The van der Waals surface area contributed by atoms with Gasteiger partial charge in [-0.05, 0) is 42.0 Å². The molecule has 0 radical (unpaired) electrons. The van der Waals surface area contributed by atoms with Crippen molar-refractivity contribution in [1.82, 2.24) is 9.80 Å². The number of urea groups is 1. The number of nitrogens with one attached hydrogen (secondary N) is 1. The Hall–Kier alpha value is -2.68. The molecule has 3 N–H and O–H groups in total. The van der Waals surface area contributed by atoms with Crippen molar-refractivity contribution in [2.45, 2.75) is 13.0 Å². The fourth-order valence-corrected chi connectivity index (χ4v) is 4.22. The quantitative estimate of drug-likeness (QED) is 0.481. The third-order valence-electron chi connectivity index (χ3n) is 4.65. The molecule has 8 heteroatoms. The van der Waals surface area contributed by atoms with Crippen molar-refractivity contribution in [3.63, 3.8) is 0 Å². The molecule has 0 saturated carbocycles. The van der Waals surface area contributed by atoms with E-state index in [9.17, 15) is 9.59 Å². The van der Waals surface area contributed by atoms with Crippen molar-refractivity contribution < 1.29 is 9.59 Å². The van der Waals surface area contributed by atoms with Crippen LogP contribution in [-0.2, 0) is 13.0 Å². The molecule has 158 valence electrons. The number of hydrogen-bond donors (Lipinski definition) is 2. The van der Waals surface area contributed by atoms with Crippen LogP contribution >= 0.6 is 22.7 Å². The molecule has 0 bridgehead atoms. The highest BCUT2D eigenvalue weighted by atomic mass is 32.1. The van der Waals surface area contributed by atoms with Crippen LogP contribution in [0.5, 0.6) is 0 Å². The maximum Gasteiger partial charge on any atom is 0.322 e. The van der Waals surface area contributed by atoms with Crippen molar-refractivity contribution in [2.75, 3.05) is 38.2 Å². The average molecular weight is 443 g/mol. The number of nitrogens with two attached hydrogens (primary N) is 1. The highest BCUT2D eigenvalue weighted by molar-refractivity contribution is 7.08. The molecule has 30 heavy (non-hydrogen) atoms. The molecule has 2 heterocycles. The van der Waals surface area contributed by atoms with Gasteiger partial charge in [0, 0.05) is 48.1 Å². The largest absolute Gasteiger partial charge is 0.398 e. The molecule has 0 aliphatic rings. The number of amides is 2. The molecule has 0 unspecified atom stereocenters. The van der Waals surface area contributed by atoms with Crippen molar-refractivity contribution in [3.8, 4) is 0 Å². The van der Waals surface area contributed by atoms with Gasteiger partial charge >= 0.3 is 6.03 Å². The maximum atomic E-state index is 12.7. The van der Waals surface area contributed by atoms with E-state index in [0.29, 0.717) is 30.8 Å². The molecule has 2 aromatic heterocycles. The van der Waals surface area contributed by atoms with Gasteiger partial charge < -0.3 is 20.9 Å². The first-order chi connectivity index (χ1) is 14.4. The number of anilines is 2. The molecule has 6 nitrogen and oxygen atoms in total. The molecule has 0 atom stereocenters. The first-order valence-electron chi connectivity index (χ1n) is 9.58. The summed E-state index contributed by atoms with van der Waals surface area (Å²) in [4.78, 5) is 29.1. The van der Waals surface area contributed by atoms with Gasteiger partial charge in [0.2, 0.25) is 0 Å². The SMILES string of the molecule is CN(C)CCN(Cc1ccc(C(=O)Cc2cscc2N)cc1)C(=O)Nc1ccsc1. The van der Waals surface area contributed by atoms with Crippen molar-refractivity contribution in [1.29, 1.82) is 0 Å². The Kier molecular flexibility index (Phi) is 7.62. The lowest BCUT2D eigenvalue weighted by Crippen LogP contribution is -2.38. The zero-order valence-corrected chi connectivity index (χ0v) is 18.8. The predicted molar refractivity (Wildman–Crippen MR) is 126 cm³/mol. The summed E-state index contributed by atoms with van der Waals surface area (Å²) in [5.41, 5.74) is 9.84. The summed E-state index contributed by atoms with van der Waals surface area (Å²) in [5, 5.41) is 10.5. The zero-order chi connectivity index (χ0) is 21.5. The summed E-state index contributed by atoms with van der Waals surface area (Å²) in [6.45, 7) is 1.83. The number of ketones is 1. The topological polar surface area (TPSA) is 78.7 Å². The summed E-state index contributed by atoms with van der Waals surface area (Å²) in [7, 11) is 3.96. The van der Waals surface area contributed by atoms with Crippen LogP contribution in [0.1, 0.15) is 21.5 Å². The normalized spacial score (nSPS) is 10.9. The number of carbonyl (C=O) groups excluding carboxylic acids is 2. The lowest BCUT2D eigenvalue weighted by molar-refractivity contribution is 0.0993. The van der Waals surface area contributed by atoms with Gasteiger partial charge in [-0.25, -0.2) is 4.79 Å². The number of benzene rings is 1. The van der Waals surface area contributed by atoms with E-state index in [-0.39, 0.29) is 11.8 Å². The first kappa shape index (κ1) is 22.0. The van der Waals surface area contributed by atoms with Crippen LogP contribution in [0.15, 0.2) is 51.9 Å². The monoisotopic (exact) mass is 442 g/mol. The minimum absolute atomic E-state index is 0.0336. The molecule has 3 aromatic rings. The summed E-state index contributed by atoms with van der Waals surface area (Å²) < 4.78 is 0. The number of Topliss-reactive ketones (excluding diaryl/α,β-unsaturated/α-hetero) is 1. The Labute approximate surface area is 184 Å². The van der Waals surface area contributed by atoms with Gasteiger partial charge in [-0.1, -0.05) is 24.3 Å². The molecular weight excluding hydrogens is 416 g/mol. The second-order valence-electron chi connectivity index (χ2n) is 7.32. The molecule has 0 saturated heterocycles. The number of likely N-dealkylation sites (N-methyl/N-ethyl adjacent to an activating group) is 1. The second kappa shape index (κ2) is 10.4. The number of hydrogen-bond acceptors (Lipinski definition) is 6. The number of rotatable bonds is 9. The van der Waals surface area contributed by atoms with Gasteiger partial charge in [0.05, 0.1) is 5.69 Å². The van der Waals surface area contributed by atoms with Crippen LogP contribution in [0.25, 0.3) is 0 Å². The van der Waals surface area contributed by atoms with Gasteiger partial charge in [-0.15, -0.1) is 11.3 Å². The highest BCUT2D eigenvalue weighted by Gasteiger charge is 2.16. The summed E-state index contributed by atoms with van der Waals surface area (Å²) in [5.74, 6) is 0.0336. The fourth-order valence-electron chi connectivity index (χ4n) is 2.88. The van der Waals surface area contributed by atoms with Crippen molar-refractivity contribution in [2.24, 2.45) is 0 Å². The molecule has 0 spiro atoms. The van der Waals surface area contributed by atoms with E-state index in [0.717, 1.165) is 23.4 Å². The summed E-state index contributed by atoms with van der Waals surface area (Å²) >= 11 is 3.04.